The summed E-state index contributed by atoms with van der Waals surface area (Å²) in [4.78, 5) is 10.7. The number of halogens is 3. The number of carboxylic acid groups (broad SMARTS) is 1. The summed E-state index contributed by atoms with van der Waals surface area (Å²) < 4.78 is 28.0. The van der Waals surface area contributed by atoms with Crippen LogP contribution in [0.5, 0.6) is 0 Å². The molecule has 2 aromatic rings. The molecule has 0 bridgehead atoms. The molecule has 0 aromatic heterocycles. The first-order valence-electron chi connectivity index (χ1n) is 6.29. The van der Waals surface area contributed by atoms with Gasteiger partial charge in [-0.05, 0) is 30.2 Å². The Morgan fingerprint density at radius 3 is 1.90 bits per heavy atom. The summed E-state index contributed by atoms with van der Waals surface area (Å²) in [5, 5.41) is 9.34. The van der Waals surface area contributed by atoms with Crippen molar-refractivity contribution in [2.45, 2.75) is 12.8 Å². The monoisotopic (exact) mass is 310 g/mol. The molecule has 1 N–H and O–H groups in total. The van der Waals surface area contributed by atoms with Crippen molar-refractivity contribution in [2.24, 2.45) is 5.92 Å². The van der Waals surface area contributed by atoms with Gasteiger partial charge in [-0.25, -0.2) is 8.78 Å². The van der Waals surface area contributed by atoms with Gasteiger partial charge >= 0.3 is 5.97 Å². The molecule has 1 atom stereocenters. The largest absolute Gasteiger partial charge is 0.481 e. The topological polar surface area (TPSA) is 37.3 Å². The lowest BCUT2D eigenvalue weighted by molar-refractivity contribution is -0.156. The molecule has 0 saturated carbocycles. The second-order valence-corrected chi connectivity index (χ2v) is 5.20. The van der Waals surface area contributed by atoms with E-state index in [1.54, 1.807) is 36.4 Å². The van der Waals surface area contributed by atoms with E-state index in [1.807, 2.05) is 0 Å². The van der Waals surface area contributed by atoms with E-state index in [2.05, 4.69) is 0 Å². The lowest BCUT2D eigenvalue weighted by atomic mass is 9.94. The fourth-order valence-electron chi connectivity index (χ4n) is 1.93. The first kappa shape index (κ1) is 15.4. The lowest BCUT2D eigenvalue weighted by Crippen LogP contribution is -2.29. The standard InChI is InChI=1S/C16H13ClF2O2/c1-10(15(20)21)16(18,19)13-6-2-11(3-7-13)12-4-8-14(17)9-5-12/h2-10H,1H3,(H,20,21). The number of alkyl halides is 2. The molecule has 0 spiro atoms. The van der Waals surface area contributed by atoms with E-state index in [-0.39, 0.29) is 5.56 Å². The van der Waals surface area contributed by atoms with Crippen molar-refractivity contribution >= 4 is 17.6 Å². The van der Waals surface area contributed by atoms with Crippen molar-refractivity contribution in [3.63, 3.8) is 0 Å². The number of carbonyl (C=O) groups is 1. The van der Waals surface area contributed by atoms with E-state index >= 15 is 0 Å². The zero-order valence-corrected chi connectivity index (χ0v) is 11.9. The summed E-state index contributed by atoms with van der Waals surface area (Å²) in [6.07, 6.45) is 0. The Balaban J connectivity index is 2.30. The van der Waals surface area contributed by atoms with E-state index in [1.165, 1.54) is 12.1 Å². The van der Waals surface area contributed by atoms with Gasteiger partial charge in [0.1, 0.15) is 5.92 Å². The molecule has 1 unspecified atom stereocenters. The summed E-state index contributed by atoms with van der Waals surface area (Å²) in [7, 11) is 0. The summed E-state index contributed by atoms with van der Waals surface area (Å²) >= 11 is 5.79. The third-order valence-electron chi connectivity index (χ3n) is 3.36. The van der Waals surface area contributed by atoms with Gasteiger partial charge in [-0.15, -0.1) is 0 Å². The van der Waals surface area contributed by atoms with Crippen molar-refractivity contribution in [3.05, 3.63) is 59.1 Å². The van der Waals surface area contributed by atoms with Gasteiger partial charge in [0.05, 0.1) is 0 Å². The molecular formula is C16H13ClF2O2. The van der Waals surface area contributed by atoms with Crippen LogP contribution in [0.15, 0.2) is 48.5 Å². The SMILES string of the molecule is CC(C(=O)O)C(F)(F)c1ccc(-c2ccc(Cl)cc2)cc1. The normalized spacial score (nSPS) is 13.0. The maximum atomic E-state index is 14.0. The molecule has 0 saturated heterocycles. The Bertz CT molecular complexity index is 636. The fourth-order valence-corrected chi connectivity index (χ4v) is 2.06. The Morgan fingerprint density at radius 2 is 1.48 bits per heavy atom. The number of carboxylic acids is 1. The highest BCUT2D eigenvalue weighted by Gasteiger charge is 2.42. The lowest BCUT2D eigenvalue weighted by Gasteiger charge is -2.21. The van der Waals surface area contributed by atoms with Crippen LogP contribution in [0.1, 0.15) is 12.5 Å². The van der Waals surface area contributed by atoms with Gasteiger partial charge in [-0.3, -0.25) is 4.79 Å². The average molecular weight is 311 g/mol. The molecule has 0 heterocycles. The van der Waals surface area contributed by atoms with E-state index in [0.717, 1.165) is 18.1 Å². The van der Waals surface area contributed by atoms with Crippen molar-refractivity contribution in [1.82, 2.24) is 0 Å². The number of aliphatic carboxylic acids is 1. The molecule has 21 heavy (non-hydrogen) atoms. The van der Waals surface area contributed by atoms with Crippen molar-refractivity contribution < 1.29 is 18.7 Å². The van der Waals surface area contributed by atoms with Crippen LogP contribution in [0.4, 0.5) is 8.78 Å². The van der Waals surface area contributed by atoms with E-state index in [4.69, 9.17) is 16.7 Å². The minimum atomic E-state index is -3.41. The first-order valence-corrected chi connectivity index (χ1v) is 6.67. The Hall–Kier alpha value is -1.94. The Morgan fingerprint density at radius 1 is 1.05 bits per heavy atom. The van der Waals surface area contributed by atoms with Gasteiger partial charge < -0.3 is 5.11 Å². The molecule has 0 aliphatic rings. The fraction of sp³-hybridized carbons (Fsp3) is 0.188. The molecule has 110 valence electrons. The van der Waals surface area contributed by atoms with Crippen LogP contribution in [0.3, 0.4) is 0 Å². The van der Waals surface area contributed by atoms with Gasteiger partial charge in [0.15, 0.2) is 0 Å². The molecule has 2 nitrogen and oxygen atoms in total. The highest BCUT2D eigenvalue weighted by molar-refractivity contribution is 6.30. The summed E-state index contributed by atoms with van der Waals surface area (Å²) in [6.45, 7) is 0.995. The Labute approximate surface area is 126 Å². The molecule has 5 heteroatoms. The van der Waals surface area contributed by atoms with Gasteiger partial charge in [0.25, 0.3) is 5.92 Å². The van der Waals surface area contributed by atoms with Crippen LogP contribution >= 0.6 is 11.6 Å². The third kappa shape index (κ3) is 3.22. The zero-order valence-electron chi connectivity index (χ0n) is 11.2. The summed E-state index contributed by atoms with van der Waals surface area (Å²) in [6, 6.07) is 12.6. The van der Waals surface area contributed by atoms with Gasteiger partial charge in [-0.1, -0.05) is 48.0 Å². The molecule has 0 radical (unpaired) electrons. The minimum Gasteiger partial charge on any atom is -0.481 e. The Kier molecular flexibility index (Phi) is 4.28. The molecule has 0 aliphatic heterocycles. The highest BCUT2D eigenvalue weighted by Crippen LogP contribution is 2.37. The first-order chi connectivity index (χ1) is 9.82. The molecule has 0 aliphatic carbocycles. The second kappa shape index (κ2) is 5.82. The molecular weight excluding hydrogens is 298 g/mol. The van der Waals surface area contributed by atoms with Crippen LogP contribution in [0.25, 0.3) is 11.1 Å². The minimum absolute atomic E-state index is 0.310. The number of benzene rings is 2. The number of rotatable bonds is 4. The predicted molar refractivity (Wildman–Crippen MR) is 77.6 cm³/mol. The predicted octanol–water partition coefficient (Wildman–Crippen LogP) is 4.82. The van der Waals surface area contributed by atoms with E-state index < -0.39 is 17.8 Å². The van der Waals surface area contributed by atoms with Crippen LogP contribution < -0.4 is 0 Å². The van der Waals surface area contributed by atoms with Crippen LogP contribution in [-0.4, -0.2) is 11.1 Å². The summed E-state index contributed by atoms with van der Waals surface area (Å²) in [5.41, 5.74) is 1.30. The van der Waals surface area contributed by atoms with Crippen molar-refractivity contribution in [1.29, 1.82) is 0 Å². The maximum absolute atomic E-state index is 14.0. The molecule has 2 rings (SSSR count). The summed E-state index contributed by atoms with van der Waals surface area (Å²) in [5.74, 6) is -6.72. The van der Waals surface area contributed by atoms with Gasteiger partial charge in [0, 0.05) is 10.6 Å². The van der Waals surface area contributed by atoms with Gasteiger partial charge in [0.2, 0.25) is 0 Å². The second-order valence-electron chi connectivity index (χ2n) is 4.77. The average Bonchev–Trinajstić information content (AvgIpc) is 2.47. The van der Waals surface area contributed by atoms with E-state index in [9.17, 15) is 13.6 Å². The quantitative estimate of drug-likeness (QED) is 0.879. The number of hydrogen-bond acceptors (Lipinski definition) is 1. The van der Waals surface area contributed by atoms with Crippen molar-refractivity contribution in [3.8, 4) is 11.1 Å². The van der Waals surface area contributed by atoms with Crippen LogP contribution in [0, 0.1) is 5.92 Å². The van der Waals surface area contributed by atoms with E-state index in [0.29, 0.717) is 5.02 Å². The molecule has 0 fully saturated rings. The molecule has 2 aromatic carbocycles. The third-order valence-corrected chi connectivity index (χ3v) is 3.61. The smallest absolute Gasteiger partial charge is 0.312 e. The van der Waals surface area contributed by atoms with Crippen LogP contribution in [-0.2, 0) is 10.7 Å². The zero-order chi connectivity index (χ0) is 15.6. The number of hydrogen-bond donors (Lipinski definition) is 1. The van der Waals surface area contributed by atoms with Crippen LogP contribution in [0.2, 0.25) is 5.02 Å². The van der Waals surface area contributed by atoms with Crippen molar-refractivity contribution in [2.75, 3.05) is 0 Å². The van der Waals surface area contributed by atoms with Gasteiger partial charge in [-0.2, -0.15) is 0 Å². The maximum Gasteiger partial charge on any atom is 0.312 e. The highest BCUT2D eigenvalue weighted by atomic mass is 35.5. The molecule has 0 amide bonds.